The Balaban J connectivity index is 2.16. The summed E-state index contributed by atoms with van der Waals surface area (Å²) in [5, 5.41) is 3.24. The molecule has 5 heteroatoms. The van der Waals surface area contributed by atoms with Gasteiger partial charge in [-0.2, -0.15) is 11.8 Å². The third-order valence-corrected chi connectivity index (χ3v) is 4.09. The zero-order valence-corrected chi connectivity index (χ0v) is 12.1. The van der Waals surface area contributed by atoms with Crippen molar-refractivity contribution >= 4 is 17.7 Å². The highest BCUT2D eigenvalue weighted by Crippen LogP contribution is 2.18. The fourth-order valence-electron chi connectivity index (χ4n) is 2.31. The Kier molecular flexibility index (Phi) is 4.82. The Hall–Kier alpha value is -1.07. The second-order valence-electron chi connectivity index (χ2n) is 4.80. The Bertz CT molecular complexity index is 461. The number of likely N-dealkylation sites (N-methyl/N-ethyl adjacent to an activating group) is 1. The van der Waals surface area contributed by atoms with Crippen molar-refractivity contribution in [3.8, 4) is 0 Å². The second kappa shape index (κ2) is 6.39. The van der Waals surface area contributed by atoms with Crippen LogP contribution in [0.3, 0.4) is 0 Å². The number of hydrogen-bond acceptors (Lipinski definition) is 3. The molecule has 104 valence electrons. The first-order valence-corrected chi connectivity index (χ1v) is 7.78. The number of benzene rings is 1. The molecule has 0 unspecified atom stereocenters. The number of nitrogens with zero attached hydrogens (tertiary/aromatic N) is 1. The Morgan fingerprint density at radius 1 is 1.58 bits per heavy atom. The molecule has 0 aromatic heterocycles. The van der Waals surface area contributed by atoms with E-state index in [1.807, 2.05) is 13.3 Å². The molecule has 1 saturated heterocycles. The van der Waals surface area contributed by atoms with Crippen LogP contribution in [-0.4, -0.2) is 43.2 Å². The van der Waals surface area contributed by atoms with Gasteiger partial charge in [-0.1, -0.05) is 0 Å². The molecule has 1 aromatic rings. The fraction of sp³-hybridized carbons (Fsp3) is 0.500. The van der Waals surface area contributed by atoms with E-state index in [4.69, 9.17) is 0 Å². The van der Waals surface area contributed by atoms with Crippen LogP contribution in [0.4, 0.5) is 4.39 Å². The zero-order chi connectivity index (χ0) is 13.8. The van der Waals surface area contributed by atoms with Crippen molar-refractivity contribution in [3.63, 3.8) is 0 Å². The van der Waals surface area contributed by atoms with Gasteiger partial charge in [-0.25, -0.2) is 4.39 Å². The van der Waals surface area contributed by atoms with Gasteiger partial charge in [0.25, 0.3) is 5.91 Å². The van der Waals surface area contributed by atoms with Crippen molar-refractivity contribution in [1.82, 2.24) is 10.2 Å². The summed E-state index contributed by atoms with van der Waals surface area (Å²) in [6.07, 6.45) is 2.89. The van der Waals surface area contributed by atoms with Gasteiger partial charge in [0.15, 0.2) is 0 Å². The van der Waals surface area contributed by atoms with Gasteiger partial charge in [0.1, 0.15) is 5.82 Å². The lowest BCUT2D eigenvalue weighted by atomic mass is 10.1. The van der Waals surface area contributed by atoms with Crippen molar-refractivity contribution in [2.24, 2.45) is 0 Å². The zero-order valence-electron chi connectivity index (χ0n) is 11.3. The first kappa shape index (κ1) is 14.3. The van der Waals surface area contributed by atoms with Gasteiger partial charge in [-0.05, 0) is 43.0 Å². The van der Waals surface area contributed by atoms with Crippen LogP contribution in [0.25, 0.3) is 0 Å². The molecule has 2 rings (SSSR count). The minimum absolute atomic E-state index is 0.0314. The predicted molar refractivity (Wildman–Crippen MR) is 77.0 cm³/mol. The van der Waals surface area contributed by atoms with E-state index in [0.717, 1.165) is 19.5 Å². The van der Waals surface area contributed by atoms with Crippen LogP contribution in [0.15, 0.2) is 18.2 Å². The summed E-state index contributed by atoms with van der Waals surface area (Å²) >= 11 is 1.55. The lowest BCUT2D eigenvalue weighted by molar-refractivity contribution is 0.0743. The number of carbonyl (C=O) groups excluding carboxylic acids is 1. The highest BCUT2D eigenvalue weighted by atomic mass is 32.2. The number of hydrogen-bond donors (Lipinski definition) is 1. The van der Waals surface area contributed by atoms with E-state index in [9.17, 15) is 9.18 Å². The molecule has 1 heterocycles. The maximum absolute atomic E-state index is 13.6. The van der Waals surface area contributed by atoms with Gasteiger partial charge in [-0.15, -0.1) is 0 Å². The van der Waals surface area contributed by atoms with Gasteiger partial charge in [0.05, 0.1) is 0 Å². The van der Waals surface area contributed by atoms with Gasteiger partial charge < -0.3 is 10.2 Å². The lowest BCUT2D eigenvalue weighted by Gasteiger charge is -2.24. The number of thioether (sulfide) groups is 1. The van der Waals surface area contributed by atoms with Crippen LogP contribution >= 0.6 is 11.8 Å². The summed E-state index contributed by atoms with van der Waals surface area (Å²) in [5.41, 5.74) is 1.16. The summed E-state index contributed by atoms with van der Waals surface area (Å²) in [7, 11) is 1.82. The summed E-state index contributed by atoms with van der Waals surface area (Å²) < 4.78 is 13.6. The van der Waals surface area contributed by atoms with Gasteiger partial charge in [0.2, 0.25) is 0 Å². The maximum Gasteiger partial charge on any atom is 0.253 e. The molecule has 1 fully saturated rings. The van der Waals surface area contributed by atoms with Crippen molar-refractivity contribution in [3.05, 3.63) is 35.1 Å². The molecule has 0 aliphatic carbocycles. The summed E-state index contributed by atoms with van der Waals surface area (Å²) in [6, 6.07) is 4.87. The Morgan fingerprint density at radius 3 is 3.00 bits per heavy atom. The molecule has 0 saturated carbocycles. The van der Waals surface area contributed by atoms with E-state index in [2.05, 4.69) is 5.32 Å². The standard InChI is InChI=1S/C14H19FN2OS/c1-17(12-5-6-16-8-12)14(18)10-3-4-13(15)11(7-10)9-19-2/h3-4,7,12,16H,5-6,8-9H2,1-2H3/t12-/m0/s1. The van der Waals surface area contributed by atoms with Crippen LogP contribution in [0.5, 0.6) is 0 Å². The van der Waals surface area contributed by atoms with Crippen molar-refractivity contribution in [2.75, 3.05) is 26.4 Å². The summed E-state index contributed by atoms with van der Waals surface area (Å²) in [4.78, 5) is 14.1. The van der Waals surface area contributed by atoms with Gasteiger partial charge >= 0.3 is 0 Å². The van der Waals surface area contributed by atoms with Crippen LogP contribution in [0.1, 0.15) is 22.3 Å². The van der Waals surface area contributed by atoms with E-state index in [1.165, 1.54) is 6.07 Å². The van der Waals surface area contributed by atoms with Crippen LogP contribution in [0, 0.1) is 5.82 Å². The van der Waals surface area contributed by atoms with Crippen LogP contribution in [0.2, 0.25) is 0 Å². The van der Waals surface area contributed by atoms with Crippen molar-refractivity contribution in [2.45, 2.75) is 18.2 Å². The number of nitrogens with one attached hydrogen (secondary N) is 1. The molecule has 1 N–H and O–H groups in total. The molecule has 1 aromatic carbocycles. The second-order valence-corrected chi connectivity index (χ2v) is 5.67. The minimum Gasteiger partial charge on any atom is -0.337 e. The number of carbonyl (C=O) groups is 1. The van der Waals surface area contributed by atoms with Crippen LogP contribution < -0.4 is 5.32 Å². The highest BCUT2D eigenvalue weighted by molar-refractivity contribution is 7.97. The molecule has 0 bridgehead atoms. The first-order chi connectivity index (χ1) is 9.13. The molecule has 19 heavy (non-hydrogen) atoms. The summed E-state index contributed by atoms with van der Waals surface area (Å²) in [6.45, 7) is 1.78. The van der Waals surface area contributed by atoms with Crippen molar-refractivity contribution in [1.29, 1.82) is 0 Å². The molecular weight excluding hydrogens is 263 g/mol. The fourth-order valence-corrected chi connectivity index (χ4v) is 2.85. The monoisotopic (exact) mass is 282 g/mol. The third-order valence-electron chi connectivity index (χ3n) is 3.49. The largest absolute Gasteiger partial charge is 0.337 e. The van der Waals surface area contributed by atoms with Crippen LogP contribution in [-0.2, 0) is 5.75 Å². The highest BCUT2D eigenvalue weighted by Gasteiger charge is 2.24. The van der Waals surface area contributed by atoms with E-state index in [1.54, 1.807) is 28.8 Å². The quantitative estimate of drug-likeness (QED) is 0.918. The molecule has 1 aliphatic rings. The van der Waals surface area contributed by atoms with E-state index in [-0.39, 0.29) is 17.8 Å². The smallest absolute Gasteiger partial charge is 0.253 e. The SMILES string of the molecule is CSCc1cc(C(=O)N(C)[C@H]2CCNC2)ccc1F. The average Bonchev–Trinajstić information content (AvgIpc) is 2.94. The summed E-state index contributed by atoms with van der Waals surface area (Å²) in [5.74, 6) is 0.314. The topological polar surface area (TPSA) is 32.3 Å². The minimum atomic E-state index is -0.240. The predicted octanol–water partition coefficient (Wildman–Crippen LogP) is 2.12. The van der Waals surface area contributed by atoms with Gasteiger partial charge in [-0.3, -0.25) is 4.79 Å². The molecule has 3 nitrogen and oxygen atoms in total. The molecule has 1 amide bonds. The Labute approximate surface area is 117 Å². The van der Waals surface area contributed by atoms with E-state index < -0.39 is 0 Å². The van der Waals surface area contributed by atoms with Gasteiger partial charge in [0, 0.05) is 31.0 Å². The Morgan fingerprint density at radius 2 is 2.37 bits per heavy atom. The van der Waals surface area contributed by atoms with Crippen molar-refractivity contribution < 1.29 is 9.18 Å². The number of rotatable bonds is 4. The molecule has 1 aliphatic heterocycles. The number of amides is 1. The van der Waals surface area contributed by atoms with E-state index >= 15 is 0 Å². The maximum atomic E-state index is 13.6. The molecule has 0 spiro atoms. The molecular formula is C14H19FN2OS. The number of halogens is 1. The average molecular weight is 282 g/mol. The normalized spacial score (nSPS) is 18.6. The lowest BCUT2D eigenvalue weighted by Crippen LogP contribution is -2.38. The third kappa shape index (κ3) is 3.28. The first-order valence-electron chi connectivity index (χ1n) is 6.38. The molecule has 1 atom stereocenters. The molecule has 0 radical (unpaired) electrons. The van der Waals surface area contributed by atoms with E-state index in [0.29, 0.717) is 16.9 Å².